The van der Waals surface area contributed by atoms with Crippen molar-refractivity contribution in [2.24, 2.45) is 11.8 Å². The molecule has 92 valence electrons. The lowest BCUT2D eigenvalue weighted by Crippen LogP contribution is -2.38. The minimum atomic E-state index is -0.335. The van der Waals surface area contributed by atoms with E-state index in [1.165, 1.54) is 5.57 Å². The molecule has 0 saturated carbocycles. The van der Waals surface area contributed by atoms with Crippen LogP contribution in [0.1, 0.15) is 53.9 Å². The lowest BCUT2D eigenvalue weighted by Gasteiger charge is -2.36. The van der Waals surface area contributed by atoms with Crippen molar-refractivity contribution in [3.8, 4) is 0 Å². The van der Waals surface area contributed by atoms with Crippen molar-refractivity contribution in [1.82, 2.24) is 0 Å². The van der Waals surface area contributed by atoms with Crippen molar-refractivity contribution >= 4 is 5.97 Å². The third-order valence-electron chi connectivity index (χ3n) is 3.46. The third kappa shape index (κ3) is 3.36. The summed E-state index contributed by atoms with van der Waals surface area (Å²) in [5.41, 5.74) is 1.13. The second-order valence-corrected chi connectivity index (χ2v) is 5.70. The fourth-order valence-electron chi connectivity index (χ4n) is 2.06. The van der Waals surface area contributed by atoms with Crippen LogP contribution in [-0.2, 0) is 9.53 Å². The fourth-order valence-corrected chi connectivity index (χ4v) is 2.06. The van der Waals surface area contributed by atoms with Gasteiger partial charge in [0.1, 0.15) is 5.60 Å². The second-order valence-electron chi connectivity index (χ2n) is 5.70. The SMILES string of the molecule is CC1=CCC(C(C)(C)OC(=O)C(C)C)CC1. The molecular weight excluding hydrogens is 200 g/mol. The van der Waals surface area contributed by atoms with Gasteiger partial charge in [-0.15, -0.1) is 0 Å². The van der Waals surface area contributed by atoms with Gasteiger partial charge in [0.05, 0.1) is 5.92 Å². The number of hydrogen-bond donors (Lipinski definition) is 0. The van der Waals surface area contributed by atoms with Gasteiger partial charge < -0.3 is 4.74 Å². The Kier molecular flexibility index (Phi) is 4.17. The minimum Gasteiger partial charge on any atom is -0.459 e. The van der Waals surface area contributed by atoms with Crippen LogP contribution in [0.15, 0.2) is 11.6 Å². The number of carbonyl (C=O) groups excluding carboxylic acids is 1. The second kappa shape index (κ2) is 5.03. The molecule has 0 aromatic carbocycles. The van der Waals surface area contributed by atoms with E-state index >= 15 is 0 Å². The van der Waals surface area contributed by atoms with E-state index in [1.807, 2.05) is 27.7 Å². The number of hydrogen-bond acceptors (Lipinski definition) is 2. The molecule has 16 heavy (non-hydrogen) atoms. The van der Waals surface area contributed by atoms with Gasteiger partial charge in [0.2, 0.25) is 0 Å². The zero-order valence-corrected chi connectivity index (χ0v) is 11.2. The largest absolute Gasteiger partial charge is 0.459 e. The number of allylic oxidation sites excluding steroid dienone is 2. The standard InChI is InChI=1S/C14H24O2/c1-10(2)13(15)16-14(4,5)12-8-6-11(3)7-9-12/h6,10,12H,7-9H2,1-5H3. The van der Waals surface area contributed by atoms with Gasteiger partial charge in [-0.1, -0.05) is 25.5 Å². The molecule has 0 spiro atoms. The normalized spacial score (nSPS) is 21.9. The van der Waals surface area contributed by atoms with Gasteiger partial charge in [-0.2, -0.15) is 0 Å². The Labute approximate surface area is 99.1 Å². The van der Waals surface area contributed by atoms with E-state index < -0.39 is 0 Å². The van der Waals surface area contributed by atoms with Gasteiger partial charge in [-0.3, -0.25) is 4.79 Å². The lowest BCUT2D eigenvalue weighted by atomic mass is 9.79. The van der Waals surface area contributed by atoms with Crippen LogP contribution in [-0.4, -0.2) is 11.6 Å². The molecule has 0 amide bonds. The van der Waals surface area contributed by atoms with Crippen LogP contribution in [0.4, 0.5) is 0 Å². The Morgan fingerprint density at radius 2 is 2.12 bits per heavy atom. The van der Waals surface area contributed by atoms with E-state index in [4.69, 9.17) is 4.74 Å². The molecule has 0 fully saturated rings. The van der Waals surface area contributed by atoms with Gasteiger partial charge in [-0.25, -0.2) is 0 Å². The van der Waals surface area contributed by atoms with E-state index in [0.717, 1.165) is 19.3 Å². The van der Waals surface area contributed by atoms with Gasteiger partial charge >= 0.3 is 5.97 Å². The predicted octanol–water partition coefficient (Wildman–Crippen LogP) is 3.71. The summed E-state index contributed by atoms with van der Waals surface area (Å²) in [4.78, 5) is 11.6. The van der Waals surface area contributed by atoms with Crippen molar-refractivity contribution < 1.29 is 9.53 Å². The molecule has 0 bridgehead atoms. The third-order valence-corrected chi connectivity index (χ3v) is 3.46. The monoisotopic (exact) mass is 224 g/mol. The number of ether oxygens (including phenoxy) is 1. The van der Waals surface area contributed by atoms with Crippen molar-refractivity contribution in [3.05, 3.63) is 11.6 Å². The fraction of sp³-hybridized carbons (Fsp3) is 0.786. The summed E-state index contributed by atoms with van der Waals surface area (Å²) >= 11 is 0. The summed E-state index contributed by atoms with van der Waals surface area (Å²) in [7, 11) is 0. The first-order valence-corrected chi connectivity index (χ1v) is 6.21. The average Bonchev–Trinajstić information content (AvgIpc) is 2.17. The number of esters is 1. The van der Waals surface area contributed by atoms with Crippen LogP contribution < -0.4 is 0 Å². The molecule has 0 aliphatic heterocycles. The molecule has 2 heteroatoms. The molecule has 0 radical (unpaired) electrons. The van der Waals surface area contributed by atoms with Gasteiger partial charge in [0.25, 0.3) is 0 Å². The maximum absolute atomic E-state index is 11.6. The Bertz CT molecular complexity index is 287. The smallest absolute Gasteiger partial charge is 0.308 e. The van der Waals surface area contributed by atoms with Gasteiger partial charge in [0.15, 0.2) is 0 Å². The molecule has 0 heterocycles. The first-order chi connectivity index (χ1) is 7.33. The van der Waals surface area contributed by atoms with E-state index in [1.54, 1.807) is 0 Å². The van der Waals surface area contributed by atoms with Crippen molar-refractivity contribution in [2.75, 3.05) is 0 Å². The van der Waals surface area contributed by atoms with E-state index in [0.29, 0.717) is 5.92 Å². The van der Waals surface area contributed by atoms with E-state index in [9.17, 15) is 4.79 Å². The molecular formula is C14H24O2. The summed E-state index contributed by atoms with van der Waals surface area (Å²) in [6, 6.07) is 0. The molecule has 1 atom stereocenters. The highest BCUT2D eigenvalue weighted by atomic mass is 16.6. The molecule has 1 rings (SSSR count). The van der Waals surface area contributed by atoms with Crippen LogP contribution in [0.25, 0.3) is 0 Å². The summed E-state index contributed by atoms with van der Waals surface area (Å²) in [5, 5.41) is 0. The van der Waals surface area contributed by atoms with Crippen LogP contribution in [0.2, 0.25) is 0 Å². The highest BCUT2D eigenvalue weighted by molar-refractivity contribution is 5.72. The Balaban J connectivity index is 2.60. The zero-order valence-electron chi connectivity index (χ0n) is 11.2. The van der Waals surface area contributed by atoms with E-state index in [-0.39, 0.29) is 17.5 Å². The van der Waals surface area contributed by atoms with Crippen LogP contribution in [0.3, 0.4) is 0 Å². The molecule has 1 aliphatic rings. The predicted molar refractivity (Wildman–Crippen MR) is 66.1 cm³/mol. The van der Waals surface area contributed by atoms with Crippen molar-refractivity contribution in [3.63, 3.8) is 0 Å². The summed E-state index contributed by atoms with van der Waals surface area (Å²) < 4.78 is 5.61. The van der Waals surface area contributed by atoms with Crippen LogP contribution in [0, 0.1) is 11.8 Å². The summed E-state index contributed by atoms with van der Waals surface area (Å²) in [6.45, 7) is 9.99. The maximum atomic E-state index is 11.6. The molecule has 1 unspecified atom stereocenters. The van der Waals surface area contributed by atoms with Crippen molar-refractivity contribution in [2.45, 2.75) is 59.5 Å². The maximum Gasteiger partial charge on any atom is 0.308 e. The Morgan fingerprint density at radius 3 is 2.56 bits per heavy atom. The first-order valence-electron chi connectivity index (χ1n) is 6.21. The number of rotatable bonds is 3. The average molecular weight is 224 g/mol. The summed E-state index contributed by atoms with van der Waals surface area (Å²) in [5.74, 6) is 0.329. The van der Waals surface area contributed by atoms with E-state index in [2.05, 4.69) is 13.0 Å². The van der Waals surface area contributed by atoms with Crippen molar-refractivity contribution in [1.29, 1.82) is 0 Å². The molecule has 0 aromatic heterocycles. The Morgan fingerprint density at radius 1 is 1.50 bits per heavy atom. The first kappa shape index (κ1) is 13.3. The molecule has 1 aliphatic carbocycles. The topological polar surface area (TPSA) is 26.3 Å². The molecule has 0 saturated heterocycles. The molecule has 0 N–H and O–H groups in total. The highest BCUT2D eigenvalue weighted by Gasteiger charge is 2.34. The molecule has 2 nitrogen and oxygen atoms in total. The lowest BCUT2D eigenvalue weighted by molar-refractivity contribution is -0.166. The molecule has 0 aromatic rings. The highest BCUT2D eigenvalue weighted by Crippen LogP contribution is 2.34. The Hall–Kier alpha value is -0.790. The van der Waals surface area contributed by atoms with Gasteiger partial charge in [-0.05, 0) is 40.0 Å². The van der Waals surface area contributed by atoms with Crippen LogP contribution in [0.5, 0.6) is 0 Å². The van der Waals surface area contributed by atoms with Crippen LogP contribution >= 0.6 is 0 Å². The van der Waals surface area contributed by atoms with Gasteiger partial charge in [0, 0.05) is 5.92 Å². The minimum absolute atomic E-state index is 0.0415. The quantitative estimate of drug-likeness (QED) is 0.539. The zero-order chi connectivity index (χ0) is 12.3. The number of carbonyl (C=O) groups is 1. The summed E-state index contributed by atoms with van der Waals surface area (Å²) in [6.07, 6.45) is 5.57.